The van der Waals surface area contributed by atoms with E-state index in [1.165, 1.54) is 24.7 Å². The predicted octanol–water partition coefficient (Wildman–Crippen LogP) is 2.40. The molecule has 0 saturated carbocycles. The molecule has 11 nitrogen and oxygen atoms in total. The third-order valence-electron chi connectivity index (χ3n) is 4.91. The van der Waals surface area contributed by atoms with E-state index >= 15 is 0 Å². The van der Waals surface area contributed by atoms with Gasteiger partial charge in [-0.1, -0.05) is 23.2 Å². The Labute approximate surface area is 217 Å². The van der Waals surface area contributed by atoms with Gasteiger partial charge in [0.15, 0.2) is 5.76 Å². The van der Waals surface area contributed by atoms with Crippen molar-refractivity contribution in [2.24, 2.45) is 5.73 Å². The highest BCUT2D eigenvalue weighted by Crippen LogP contribution is 2.31. The fourth-order valence-electron chi connectivity index (χ4n) is 3.14. The van der Waals surface area contributed by atoms with Gasteiger partial charge in [0.2, 0.25) is 11.8 Å². The molecule has 0 aliphatic rings. The monoisotopic (exact) mass is 536 g/mol. The Balaban J connectivity index is 1.67. The van der Waals surface area contributed by atoms with Crippen LogP contribution in [0.15, 0.2) is 47.3 Å². The van der Waals surface area contributed by atoms with Crippen LogP contribution < -0.4 is 21.7 Å². The van der Waals surface area contributed by atoms with Gasteiger partial charge in [-0.2, -0.15) is 0 Å². The Kier molecular flexibility index (Phi) is 10.6. The minimum Gasteiger partial charge on any atom is -0.478 e. The first-order chi connectivity index (χ1) is 17.4. The molecule has 36 heavy (non-hydrogen) atoms. The molecule has 0 aliphatic carbocycles. The lowest BCUT2D eigenvalue weighted by atomic mass is 10.2. The Morgan fingerprint density at radius 2 is 2.03 bits per heavy atom. The normalized spacial score (nSPS) is 11.9. The largest absolute Gasteiger partial charge is 0.478 e. The molecular formula is C23H26Cl2N6O5. The number of nitrogens with one attached hydrogen (secondary N) is 3. The van der Waals surface area contributed by atoms with Gasteiger partial charge in [-0.15, -0.1) is 0 Å². The average Bonchev–Trinajstić information content (AvgIpc) is 3.33. The van der Waals surface area contributed by atoms with Gasteiger partial charge in [0, 0.05) is 42.6 Å². The van der Waals surface area contributed by atoms with Crippen molar-refractivity contribution in [3.63, 3.8) is 0 Å². The van der Waals surface area contributed by atoms with Gasteiger partial charge in [-0.3, -0.25) is 15.1 Å². The van der Waals surface area contributed by atoms with Gasteiger partial charge in [-0.25, -0.2) is 9.78 Å². The number of oxazole rings is 1. The molecule has 0 aliphatic heterocycles. The third kappa shape index (κ3) is 7.98. The first-order valence-corrected chi connectivity index (χ1v) is 11.7. The second-order valence-electron chi connectivity index (χ2n) is 7.50. The smallest absolute Gasteiger partial charge is 0.339 e. The topological polar surface area (TPSA) is 165 Å². The average molecular weight is 537 g/mol. The number of benzene rings is 1. The number of hydrogen-bond acceptors (Lipinski definition) is 9. The molecule has 3 aromatic rings. The molecule has 192 valence electrons. The van der Waals surface area contributed by atoms with E-state index in [-0.39, 0.29) is 24.3 Å². The van der Waals surface area contributed by atoms with Crippen LogP contribution in [-0.4, -0.2) is 65.8 Å². The van der Waals surface area contributed by atoms with Crippen LogP contribution in [0.5, 0.6) is 0 Å². The van der Waals surface area contributed by atoms with Gasteiger partial charge in [0.25, 0.3) is 0 Å². The maximum absolute atomic E-state index is 13.0. The highest BCUT2D eigenvalue weighted by atomic mass is 35.5. The fourth-order valence-corrected chi connectivity index (χ4v) is 3.52. The van der Waals surface area contributed by atoms with Crippen molar-refractivity contribution in [3.05, 3.63) is 64.4 Å². The lowest BCUT2D eigenvalue weighted by Gasteiger charge is -2.19. The van der Waals surface area contributed by atoms with Crippen LogP contribution in [0.2, 0.25) is 10.0 Å². The van der Waals surface area contributed by atoms with Crippen LogP contribution >= 0.6 is 23.2 Å². The molecule has 0 spiro atoms. The lowest BCUT2D eigenvalue weighted by Crippen LogP contribution is -2.47. The molecule has 1 atom stereocenters. The summed E-state index contributed by atoms with van der Waals surface area (Å²) >= 11 is 12.3. The predicted molar refractivity (Wildman–Crippen MR) is 135 cm³/mol. The number of pyridine rings is 1. The number of rotatable bonds is 14. The van der Waals surface area contributed by atoms with E-state index in [0.717, 1.165) is 0 Å². The van der Waals surface area contributed by atoms with Gasteiger partial charge >= 0.3 is 5.97 Å². The Morgan fingerprint density at radius 1 is 1.19 bits per heavy atom. The molecule has 0 radical (unpaired) electrons. The minimum absolute atomic E-state index is 0.115. The molecule has 0 bridgehead atoms. The maximum Gasteiger partial charge on any atom is 0.339 e. The number of carbonyl (C=O) groups is 2. The molecule has 0 fully saturated rings. The molecule has 0 saturated heterocycles. The number of nitrogens with zero attached hydrogens (tertiary/aromatic N) is 2. The zero-order valence-corrected chi connectivity index (χ0v) is 20.7. The van der Waals surface area contributed by atoms with Crippen LogP contribution in [0, 0.1) is 0 Å². The van der Waals surface area contributed by atoms with E-state index in [2.05, 4.69) is 25.9 Å². The number of anilines is 1. The van der Waals surface area contributed by atoms with Crippen molar-refractivity contribution in [2.75, 3.05) is 38.2 Å². The molecule has 6 N–H and O–H groups in total. The van der Waals surface area contributed by atoms with Crippen molar-refractivity contribution in [3.8, 4) is 11.3 Å². The molecule has 1 amide bonds. The van der Waals surface area contributed by atoms with E-state index in [1.54, 1.807) is 18.2 Å². The van der Waals surface area contributed by atoms with Crippen molar-refractivity contribution < 1.29 is 23.8 Å². The second-order valence-corrected chi connectivity index (χ2v) is 8.34. The summed E-state index contributed by atoms with van der Waals surface area (Å²) in [5.41, 5.74) is 6.01. The Bertz CT molecular complexity index is 1180. The summed E-state index contributed by atoms with van der Waals surface area (Å²) in [5, 5.41) is 19.2. The van der Waals surface area contributed by atoms with E-state index in [1.807, 2.05) is 0 Å². The molecular weight excluding hydrogens is 511 g/mol. The van der Waals surface area contributed by atoms with E-state index in [9.17, 15) is 14.7 Å². The first-order valence-electron chi connectivity index (χ1n) is 11.0. The number of carboxylic acid groups (broad SMARTS) is 1. The summed E-state index contributed by atoms with van der Waals surface area (Å²) in [6.45, 7) is 2.10. The van der Waals surface area contributed by atoms with E-state index in [0.29, 0.717) is 53.6 Å². The van der Waals surface area contributed by atoms with Crippen molar-refractivity contribution in [1.29, 1.82) is 0 Å². The molecule has 3 rings (SSSR count). The summed E-state index contributed by atoms with van der Waals surface area (Å²) in [7, 11) is 0. The van der Waals surface area contributed by atoms with Gasteiger partial charge in [-0.05, 0) is 24.3 Å². The summed E-state index contributed by atoms with van der Waals surface area (Å²) in [6, 6.07) is 5.65. The van der Waals surface area contributed by atoms with E-state index in [4.69, 9.17) is 38.1 Å². The molecule has 2 aromatic heterocycles. The van der Waals surface area contributed by atoms with Crippen LogP contribution in [0.3, 0.4) is 0 Å². The third-order valence-corrected chi connectivity index (χ3v) is 5.47. The number of aromatic nitrogens is 2. The maximum atomic E-state index is 13.0. The second kappa shape index (κ2) is 13.9. The number of aromatic carboxylic acids is 1. The van der Waals surface area contributed by atoms with Crippen molar-refractivity contribution in [1.82, 2.24) is 20.6 Å². The molecule has 13 heteroatoms. The number of amides is 1. The standard InChI is InChI=1S/C23H26Cl2N6O5/c24-14-1-2-17(25)15(9-14)20-12-30-21(36-20)13-29-19(11-28-6-8-35-7-4-26)22(32)31-18-3-5-27-10-16(18)23(33)34/h1-3,5,9-10,12,19,28-29H,4,6-8,11,13,26H2,(H,33,34)(H,27,31,32). The van der Waals surface area contributed by atoms with Crippen LogP contribution in [0.1, 0.15) is 16.2 Å². The molecule has 1 unspecified atom stereocenters. The van der Waals surface area contributed by atoms with Gasteiger partial charge < -0.3 is 30.6 Å². The van der Waals surface area contributed by atoms with Crippen LogP contribution in [0.4, 0.5) is 5.69 Å². The Hall–Kier alpha value is -3.06. The highest BCUT2D eigenvalue weighted by Gasteiger charge is 2.21. The minimum atomic E-state index is -1.20. The number of nitrogens with two attached hydrogens (primary N) is 1. The number of carboxylic acids is 1. The summed E-state index contributed by atoms with van der Waals surface area (Å²) in [4.78, 5) is 32.5. The SMILES string of the molecule is NCCOCCNCC(NCc1ncc(-c2cc(Cl)ccc2Cl)o1)C(=O)Nc1ccncc1C(=O)O. The number of ether oxygens (including phenoxy) is 1. The lowest BCUT2D eigenvalue weighted by molar-refractivity contribution is -0.118. The van der Waals surface area contributed by atoms with Crippen LogP contribution in [0.25, 0.3) is 11.3 Å². The molecule has 1 aromatic carbocycles. The van der Waals surface area contributed by atoms with Crippen molar-refractivity contribution in [2.45, 2.75) is 12.6 Å². The van der Waals surface area contributed by atoms with E-state index < -0.39 is 17.9 Å². The summed E-state index contributed by atoms with van der Waals surface area (Å²) < 4.78 is 11.1. The quantitative estimate of drug-likeness (QED) is 0.193. The first kappa shape index (κ1) is 27.5. The summed E-state index contributed by atoms with van der Waals surface area (Å²) in [6.07, 6.45) is 4.09. The number of halogens is 2. The number of hydrogen-bond donors (Lipinski definition) is 5. The van der Waals surface area contributed by atoms with Gasteiger partial charge in [0.1, 0.15) is 5.56 Å². The Morgan fingerprint density at radius 3 is 2.81 bits per heavy atom. The zero-order chi connectivity index (χ0) is 25.9. The van der Waals surface area contributed by atoms with Gasteiger partial charge in [0.05, 0.1) is 42.7 Å². The van der Waals surface area contributed by atoms with Crippen LogP contribution in [-0.2, 0) is 16.1 Å². The number of carbonyl (C=O) groups excluding carboxylic acids is 1. The fraction of sp³-hybridized carbons (Fsp3) is 0.304. The van der Waals surface area contributed by atoms with Crippen molar-refractivity contribution >= 4 is 40.8 Å². The molecule has 2 heterocycles. The highest BCUT2D eigenvalue weighted by molar-refractivity contribution is 6.35. The zero-order valence-electron chi connectivity index (χ0n) is 19.2. The summed E-state index contributed by atoms with van der Waals surface area (Å²) in [5.74, 6) is -0.910.